The highest BCUT2D eigenvalue weighted by molar-refractivity contribution is 5.95. The fourth-order valence-electron chi connectivity index (χ4n) is 2.45. The first-order valence-corrected chi connectivity index (χ1v) is 6.47. The Labute approximate surface area is 113 Å². The zero-order valence-electron chi connectivity index (χ0n) is 11.5. The number of pyridine rings is 1. The van der Waals surface area contributed by atoms with Crippen molar-refractivity contribution < 1.29 is 5.21 Å². The van der Waals surface area contributed by atoms with Crippen LogP contribution < -0.4 is 10.6 Å². The minimum atomic E-state index is 0.0322. The summed E-state index contributed by atoms with van der Waals surface area (Å²) in [5, 5.41) is 11.5. The van der Waals surface area contributed by atoms with Crippen LogP contribution in [0.25, 0.3) is 0 Å². The molecule has 1 aromatic rings. The number of anilines is 1. The van der Waals surface area contributed by atoms with Gasteiger partial charge in [-0.05, 0) is 38.6 Å². The molecule has 0 radical (unpaired) electrons. The van der Waals surface area contributed by atoms with Gasteiger partial charge in [0.1, 0.15) is 5.69 Å². The van der Waals surface area contributed by atoms with Crippen molar-refractivity contribution in [2.45, 2.75) is 18.9 Å². The van der Waals surface area contributed by atoms with Gasteiger partial charge in [-0.25, -0.2) is 0 Å². The summed E-state index contributed by atoms with van der Waals surface area (Å²) in [6.45, 7) is 2.17. The Morgan fingerprint density at radius 3 is 2.95 bits per heavy atom. The van der Waals surface area contributed by atoms with E-state index >= 15 is 0 Å². The van der Waals surface area contributed by atoms with Crippen LogP contribution in [0.15, 0.2) is 23.5 Å². The molecule has 1 saturated heterocycles. The lowest BCUT2D eigenvalue weighted by Gasteiger charge is -2.27. The van der Waals surface area contributed by atoms with Crippen LogP contribution in [0.1, 0.15) is 18.5 Å². The van der Waals surface area contributed by atoms with Crippen LogP contribution in [0, 0.1) is 0 Å². The molecule has 6 nitrogen and oxygen atoms in total. The Hall–Kier alpha value is -1.82. The Kier molecular flexibility index (Phi) is 4.21. The second-order valence-electron chi connectivity index (χ2n) is 5.04. The van der Waals surface area contributed by atoms with E-state index in [1.54, 1.807) is 12.3 Å². The van der Waals surface area contributed by atoms with Gasteiger partial charge in [-0.3, -0.25) is 4.98 Å². The summed E-state index contributed by atoms with van der Waals surface area (Å²) in [5.41, 5.74) is 7.01. The normalized spacial score (nSPS) is 20.7. The van der Waals surface area contributed by atoms with Crippen molar-refractivity contribution in [2.75, 3.05) is 32.1 Å². The standard InChI is InChI=1S/C13H21N5O/c1-17-7-3-4-11(17)9-18(2)10-5-6-12(15-8-10)13(14)16-19/h5-6,8,11,19H,3-4,7,9H2,1-2H3,(H2,14,16). The molecule has 2 heterocycles. The summed E-state index contributed by atoms with van der Waals surface area (Å²) in [4.78, 5) is 8.78. The fraction of sp³-hybridized carbons (Fsp3) is 0.538. The lowest BCUT2D eigenvalue weighted by Crippen LogP contribution is -2.36. The van der Waals surface area contributed by atoms with Crippen LogP contribution in [0.3, 0.4) is 0 Å². The van der Waals surface area contributed by atoms with E-state index < -0.39 is 0 Å². The summed E-state index contributed by atoms with van der Waals surface area (Å²) in [6.07, 6.45) is 4.27. The molecular weight excluding hydrogens is 242 g/mol. The molecule has 1 aliphatic heterocycles. The number of hydrogen-bond donors (Lipinski definition) is 2. The van der Waals surface area contributed by atoms with Crippen LogP contribution in [0.2, 0.25) is 0 Å². The van der Waals surface area contributed by atoms with E-state index in [1.165, 1.54) is 19.4 Å². The molecule has 2 rings (SSSR count). The number of oxime groups is 1. The van der Waals surface area contributed by atoms with Crippen molar-refractivity contribution in [1.82, 2.24) is 9.88 Å². The van der Waals surface area contributed by atoms with E-state index in [-0.39, 0.29) is 5.84 Å². The minimum Gasteiger partial charge on any atom is -0.409 e. The predicted molar refractivity (Wildman–Crippen MR) is 75.7 cm³/mol. The number of likely N-dealkylation sites (N-methyl/N-ethyl adjacent to an activating group) is 2. The van der Waals surface area contributed by atoms with Gasteiger partial charge in [-0.15, -0.1) is 0 Å². The van der Waals surface area contributed by atoms with E-state index in [2.05, 4.69) is 34.0 Å². The molecule has 0 saturated carbocycles. The SMILES string of the molecule is CN(CC1CCCN1C)c1ccc(/C(N)=N/O)nc1. The highest BCUT2D eigenvalue weighted by Crippen LogP contribution is 2.18. The first-order chi connectivity index (χ1) is 9.11. The number of rotatable bonds is 4. The minimum absolute atomic E-state index is 0.0322. The monoisotopic (exact) mass is 263 g/mol. The molecule has 0 aromatic carbocycles. The van der Waals surface area contributed by atoms with Crippen molar-refractivity contribution in [1.29, 1.82) is 0 Å². The number of nitrogens with zero attached hydrogens (tertiary/aromatic N) is 4. The zero-order chi connectivity index (χ0) is 13.8. The molecule has 0 bridgehead atoms. The molecule has 6 heteroatoms. The van der Waals surface area contributed by atoms with E-state index in [0.717, 1.165) is 12.2 Å². The fourth-order valence-corrected chi connectivity index (χ4v) is 2.45. The van der Waals surface area contributed by atoms with Crippen molar-refractivity contribution in [3.63, 3.8) is 0 Å². The van der Waals surface area contributed by atoms with Gasteiger partial charge in [0, 0.05) is 19.6 Å². The number of likely N-dealkylation sites (tertiary alicyclic amines) is 1. The van der Waals surface area contributed by atoms with E-state index in [1.807, 2.05) is 6.07 Å². The summed E-state index contributed by atoms with van der Waals surface area (Å²) in [5.74, 6) is 0.0322. The molecule has 0 aliphatic carbocycles. The zero-order valence-corrected chi connectivity index (χ0v) is 11.5. The van der Waals surface area contributed by atoms with Crippen LogP contribution in [-0.2, 0) is 0 Å². The Bertz CT molecular complexity index is 445. The molecule has 1 unspecified atom stereocenters. The van der Waals surface area contributed by atoms with E-state index in [9.17, 15) is 0 Å². The average molecular weight is 263 g/mol. The Balaban J connectivity index is 2.01. The van der Waals surface area contributed by atoms with Gasteiger partial charge in [0.05, 0.1) is 11.9 Å². The lowest BCUT2D eigenvalue weighted by molar-refractivity contribution is 0.314. The lowest BCUT2D eigenvalue weighted by atomic mass is 10.2. The van der Waals surface area contributed by atoms with Gasteiger partial charge in [0.25, 0.3) is 0 Å². The van der Waals surface area contributed by atoms with Crippen LogP contribution in [0.5, 0.6) is 0 Å². The number of nitrogens with two attached hydrogens (primary N) is 1. The third-order valence-corrected chi connectivity index (χ3v) is 3.71. The van der Waals surface area contributed by atoms with E-state index in [0.29, 0.717) is 11.7 Å². The maximum Gasteiger partial charge on any atom is 0.188 e. The molecule has 1 fully saturated rings. The smallest absolute Gasteiger partial charge is 0.188 e. The maximum atomic E-state index is 8.59. The second-order valence-corrected chi connectivity index (χ2v) is 5.04. The first kappa shape index (κ1) is 13.6. The predicted octanol–water partition coefficient (Wildman–Crippen LogP) is 0.707. The van der Waals surface area contributed by atoms with Crippen molar-refractivity contribution in [3.8, 4) is 0 Å². The molecule has 0 amide bonds. The highest BCUT2D eigenvalue weighted by atomic mass is 16.4. The Morgan fingerprint density at radius 1 is 1.63 bits per heavy atom. The highest BCUT2D eigenvalue weighted by Gasteiger charge is 2.22. The third kappa shape index (κ3) is 3.14. The first-order valence-electron chi connectivity index (χ1n) is 6.47. The molecule has 3 N–H and O–H groups in total. The summed E-state index contributed by atoms with van der Waals surface area (Å²) < 4.78 is 0. The molecule has 104 valence electrons. The van der Waals surface area contributed by atoms with Gasteiger partial charge in [-0.1, -0.05) is 5.16 Å². The van der Waals surface area contributed by atoms with Gasteiger partial charge < -0.3 is 20.7 Å². The quantitative estimate of drug-likeness (QED) is 0.362. The van der Waals surface area contributed by atoms with Crippen LogP contribution >= 0.6 is 0 Å². The summed E-state index contributed by atoms with van der Waals surface area (Å²) >= 11 is 0. The number of amidine groups is 1. The molecular formula is C13H21N5O. The third-order valence-electron chi connectivity index (χ3n) is 3.71. The molecule has 1 aliphatic rings. The van der Waals surface area contributed by atoms with Crippen molar-refractivity contribution >= 4 is 11.5 Å². The number of hydrogen-bond acceptors (Lipinski definition) is 5. The Morgan fingerprint density at radius 2 is 2.42 bits per heavy atom. The van der Waals surface area contributed by atoms with Gasteiger partial charge in [-0.2, -0.15) is 0 Å². The summed E-state index contributed by atoms with van der Waals surface area (Å²) in [6, 6.07) is 4.31. The molecule has 1 atom stereocenters. The summed E-state index contributed by atoms with van der Waals surface area (Å²) in [7, 11) is 4.23. The molecule has 19 heavy (non-hydrogen) atoms. The second kappa shape index (κ2) is 5.88. The maximum absolute atomic E-state index is 8.59. The van der Waals surface area contributed by atoms with Crippen LogP contribution in [-0.4, -0.2) is 54.2 Å². The van der Waals surface area contributed by atoms with Gasteiger partial charge >= 0.3 is 0 Å². The largest absolute Gasteiger partial charge is 0.409 e. The van der Waals surface area contributed by atoms with Crippen molar-refractivity contribution in [3.05, 3.63) is 24.0 Å². The van der Waals surface area contributed by atoms with Crippen LogP contribution in [0.4, 0.5) is 5.69 Å². The average Bonchev–Trinajstić information content (AvgIpc) is 2.83. The van der Waals surface area contributed by atoms with Gasteiger partial charge in [0.2, 0.25) is 0 Å². The number of aromatic nitrogens is 1. The van der Waals surface area contributed by atoms with Gasteiger partial charge in [0.15, 0.2) is 5.84 Å². The van der Waals surface area contributed by atoms with E-state index in [4.69, 9.17) is 10.9 Å². The van der Waals surface area contributed by atoms with Crippen molar-refractivity contribution in [2.24, 2.45) is 10.9 Å². The molecule has 0 spiro atoms. The molecule has 1 aromatic heterocycles. The topological polar surface area (TPSA) is 78.0 Å².